The van der Waals surface area contributed by atoms with Crippen molar-refractivity contribution in [2.24, 2.45) is 0 Å². The van der Waals surface area contributed by atoms with E-state index in [9.17, 15) is 9.90 Å². The Morgan fingerprint density at radius 3 is 2.65 bits per heavy atom. The van der Waals surface area contributed by atoms with E-state index in [4.69, 9.17) is 4.74 Å². The first-order valence-electron chi connectivity index (χ1n) is 6.53. The largest absolute Gasteiger partial charge is 0.444 e. The maximum Gasteiger partial charge on any atom is 0.410 e. The molecule has 1 rings (SSSR count). The summed E-state index contributed by atoms with van der Waals surface area (Å²) in [5.41, 5.74) is -0.476. The quantitative estimate of drug-likeness (QED) is 0.811. The van der Waals surface area contributed by atoms with E-state index in [1.165, 1.54) is 0 Å². The molecule has 4 heteroatoms. The number of carbonyl (C=O) groups excluding carboxylic acids is 1. The highest BCUT2D eigenvalue weighted by Gasteiger charge is 2.33. The predicted molar refractivity (Wildman–Crippen MR) is 66.9 cm³/mol. The van der Waals surface area contributed by atoms with Crippen LogP contribution in [0.25, 0.3) is 0 Å². The molecule has 1 fully saturated rings. The number of hydrogen-bond donors (Lipinski definition) is 1. The van der Waals surface area contributed by atoms with Crippen molar-refractivity contribution in [3.8, 4) is 0 Å². The number of nitrogens with zero attached hydrogens (tertiary/aromatic N) is 1. The van der Waals surface area contributed by atoms with Crippen molar-refractivity contribution in [3.05, 3.63) is 0 Å². The van der Waals surface area contributed by atoms with Gasteiger partial charge in [-0.3, -0.25) is 0 Å². The number of rotatable bonds is 2. The molecule has 0 aromatic rings. The fourth-order valence-electron chi connectivity index (χ4n) is 2.18. The summed E-state index contributed by atoms with van der Waals surface area (Å²) in [7, 11) is 0. The van der Waals surface area contributed by atoms with E-state index in [1.807, 2.05) is 27.7 Å². The second-order valence-electron chi connectivity index (χ2n) is 5.71. The molecule has 1 heterocycles. The Kier molecular flexibility index (Phi) is 4.80. The van der Waals surface area contributed by atoms with Crippen molar-refractivity contribution in [2.75, 3.05) is 6.54 Å². The zero-order valence-corrected chi connectivity index (χ0v) is 11.4. The molecule has 0 bridgehead atoms. The number of aliphatic hydroxyl groups excluding tert-OH is 1. The maximum atomic E-state index is 12.0. The fraction of sp³-hybridized carbons (Fsp3) is 0.923. The Morgan fingerprint density at radius 1 is 1.47 bits per heavy atom. The van der Waals surface area contributed by atoms with E-state index in [-0.39, 0.29) is 12.1 Å². The molecule has 1 amide bonds. The Labute approximate surface area is 104 Å². The standard InChI is InChI=1S/C13H25NO3/c1-5-11(15)10-8-6-7-9-14(10)12(16)17-13(2,3)4/h10-11,15H,5-9H2,1-4H3/t10-,11+/m1/s1. The normalized spacial score (nSPS) is 23.4. The second kappa shape index (κ2) is 5.71. The molecule has 1 saturated heterocycles. The Balaban J connectivity index is 2.67. The maximum absolute atomic E-state index is 12.0. The van der Waals surface area contributed by atoms with Gasteiger partial charge in [-0.1, -0.05) is 6.92 Å². The molecule has 4 nitrogen and oxygen atoms in total. The summed E-state index contributed by atoms with van der Waals surface area (Å²) in [5.74, 6) is 0. The molecular weight excluding hydrogens is 218 g/mol. The van der Waals surface area contributed by atoms with E-state index in [0.29, 0.717) is 13.0 Å². The third-order valence-electron chi connectivity index (χ3n) is 3.04. The van der Waals surface area contributed by atoms with Gasteiger partial charge in [0, 0.05) is 6.54 Å². The summed E-state index contributed by atoms with van der Waals surface area (Å²) in [6.45, 7) is 8.21. The summed E-state index contributed by atoms with van der Waals surface area (Å²) in [6.07, 6.45) is 2.86. The highest BCUT2D eigenvalue weighted by molar-refractivity contribution is 5.68. The van der Waals surface area contributed by atoms with Crippen LogP contribution in [0.1, 0.15) is 53.4 Å². The van der Waals surface area contributed by atoms with Crippen molar-refractivity contribution in [1.82, 2.24) is 4.90 Å². The fourth-order valence-corrected chi connectivity index (χ4v) is 2.18. The first-order chi connectivity index (χ1) is 7.85. The monoisotopic (exact) mass is 243 g/mol. The van der Waals surface area contributed by atoms with Gasteiger partial charge in [-0.05, 0) is 46.5 Å². The third-order valence-corrected chi connectivity index (χ3v) is 3.04. The Hall–Kier alpha value is -0.770. The van der Waals surface area contributed by atoms with Gasteiger partial charge in [0.05, 0.1) is 12.1 Å². The van der Waals surface area contributed by atoms with E-state index < -0.39 is 11.7 Å². The zero-order valence-electron chi connectivity index (χ0n) is 11.4. The van der Waals surface area contributed by atoms with Gasteiger partial charge in [0.15, 0.2) is 0 Å². The number of piperidine rings is 1. The van der Waals surface area contributed by atoms with Crippen LogP contribution in [0.2, 0.25) is 0 Å². The number of amides is 1. The van der Waals surface area contributed by atoms with Crippen LogP contribution in [0, 0.1) is 0 Å². The Bertz CT molecular complexity index is 260. The minimum absolute atomic E-state index is 0.0800. The average Bonchev–Trinajstić information content (AvgIpc) is 2.25. The van der Waals surface area contributed by atoms with E-state index in [2.05, 4.69) is 0 Å². The van der Waals surface area contributed by atoms with Gasteiger partial charge in [-0.2, -0.15) is 0 Å². The molecule has 0 saturated carbocycles. The molecule has 2 atom stereocenters. The molecule has 100 valence electrons. The lowest BCUT2D eigenvalue weighted by molar-refractivity contribution is -0.0169. The number of ether oxygens (including phenoxy) is 1. The van der Waals surface area contributed by atoms with Crippen LogP contribution in [0.5, 0.6) is 0 Å². The molecule has 0 aromatic heterocycles. The van der Waals surface area contributed by atoms with Crippen LogP contribution in [0.15, 0.2) is 0 Å². The van der Waals surface area contributed by atoms with Crippen LogP contribution in [0.3, 0.4) is 0 Å². The van der Waals surface area contributed by atoms with Gasteiger partial charge >= 0.3 is 6.09 Å². The molecule has 1 aliphatic heterocycles. The van der Waals surface area contributed by atoms with E-state index in [0.717, 1.165) is 19.3 Å². The summed E-state index contributed by atoms with van der Waals surface area (Å²) in [5, 5.41) is 9.95. The Morgan fingerprint density at radius 2 is 2.12 bits per heavy atom. The molecule has 0 aromatic carbocycles. The molecule has 0 spiro atoms. The summed E-state index contributed by atoms with van der Waals surface area (Å²) in [6, 6.07) is -0.0800. The molecule has 0 unspecified atom stereocenters. The number of aliphatic hydroxyl groups is 1. The van der Waals surface area contributed by atoms with Crippen molar-refractivity contribution < 1.29 is 14.6 Å². The topological polar surface area (TPSA) is 49.8 Å². The molecule has 1 N–H and O–H groups in total. The lowest BCUT2D eigenvalue weighted by Crippen LogP contribution is -2.51. The summed E-state index contributed by atoms with van der Waals surface area (Å²) < 4.78 is 5.38. The second-order valence-corrected chi connectivity index (χ2v) is 5.71. The molecule has 1 aliphatic rings. The molecule has 17 heavy (non-hydrogen) atoms. The van der Waals surface area contributed by atoms with Gasteiger partial charge in [0.2, 0.25) is 0 Å². The van der Waals surface area contributed by atoms with Crippen molar-refractivity contribution in [2.45, 2.75) is 71.1 Å². The van der Waals surface area contributed by atoms with Gasteiger partial charge < -0.3 is 14.7 Å². The highest BCUT2D eigenvalue weighted by atomic mass is 16.6. The van der Waals surface area contributed by atoms with Crippen molar-refractivity contribution in [3.63, 3.8) is 0 Å². The van der Waals surface area contributed by atoms with Gasteiger partial charge in [0.1, 0.15) is 5.60 Å². The molecular formula is C13H25NO3. The van der Waals surface area contributed by atoms with Crippen LogP contribution >= 0.6 is 0 Å². The van der Waals surface area contributed by atoms with Gasteiger partial charge in [-0.25, -0.2) is 4.79 Å². The molecule has 0 aliphatic carbocycles. The van der Waals surface area contributed by atoms with Gasteiger partial charge in [0.25, 0.3) is 0 Å². The lowest BCUT2D eigenvalue weighted by atomic mass is 9.96. The van der Waals surface area contributed by atoms with Gasteiger partial charge in [-0.15, -0.1) is 0 Å². The highest BCUT2D eigenvalue weighted by Crippen LogP contribution is 2.23. The minimum atomic E-state index is -0.476. The number of hydrogen-bond acceptors (Lipinski definition) is 3. The number of likely N-dealkylation sites (tertiary alicyclic amines) is 1. The first kappa shape index (κ1) is 14.3. The van der Waals surface area contributed by atoms with E-state index >= 15 is 0 Å². The third kappa shape index (κ3) is 4.19. The predicted octanol–water partition coefficient (Wildman–Crippen LogP) is 2.55. The van der Waals surface area contributed by atoms with Crippen molar-refractivity contribution >= 4 is 6.09 Å². The summed E-state index contributed by atoms with van der Waals surface area (Å²) in [4.78, 5) is 13.7. The average molecular weight is 243 g/mol. The van der Waals surface area contributed by atoms with Crippen LogP contribution in [-0.2, 0) is 4.74 Å². The van der Waals surface area contributed by atoms with Crippen LogP contribution in [-0.4, -0.2) is 40.4 Å². The number of carbonyl (C=O) groups is 1. The van der Waals surface area contributed by atoms with Crippen molar-refractivity contribution in [1.29, 1.82) is 0 Å². The van der Waals surface area contributed by atoms with E-state index in [1.54, 1.807) is 4.90 Å². The van der Waals surface area contributed by atoms with Crippen LogP contribution < -0.4 is 0 Å². The minimum Gasteiger partial charge on any atom is -0.444 e. The lowest BCUT2D eigenvalue weighted by Gasteiger charge is -2.38. The molecule has 0 radical (unpaired) electrons. The first-order valence-corrected chi connectivity index (χ1v) is 6.53. The smallest absolute Gasteiger partial charge is 0.410 e. The summed E-state index contributed by atoms with van der Waals surface area (Å²) >= 11 is 0. The zero-order chi connectivity index (χ0) is 13.1. The SMILES string of the molecule is CC[C@H](O)[C@H]1CCCCN1C(=O)OC(C)(C)C. The van der Waals surface area contributed by atoms with Crippen LogP contribution in [0.4, 0.5) is 4.79 Å².